The molecule has 4 rings (SSSR count). The van der Waals surface area contributed by atoms with Crippen LogP contribution in [0, 0.1) is 11.8 Å². The molecule has 2 aliphatic carbocycles. The molecule has 5 unspecified atom stereocenters. The molecule has 1 heterocycles. The van der Waals surface area contributed by atoms with Gasteiger partial charge in [0.25, 0.3) is 5.91 Å². The first-order chi connectivity index (χ1) is 14.4. The van der Waals surface area contributed by atoms with Crippen LogP contribution in [-0.4, -0.2) is 47.7 Å². The Labute approximate surface area is 191 Å². The highest BCUT2D eigenvalue weighted by atomic mass is 35.5. The van der Waals surface area contributed by atoms with Crippen molar-refractivity contribution in [1.29, 1.82) is 0 Å². The molecule has 30 heavy (non-hydrogen) atoms. The van der Waals surface area contributed by atoms with E-state index in [1.54, 1.807) is 18.2 Å². The van der Waals surface area contributed by atoms with Crippen molar-refractivity contribution in [2.75, 3.05) is 12.4 Å². The number of amides is 2. The SMILES string of the molecule is CCC1NC(C(=O)NC2C[C@H](NC(=O)COc3ccc(Cl)c(Cl)c3)C3CCC23)CS1. The Morgan fingerprint density at radius 1 is 1.17 bits per heavy atom. The number of benzene rings is 1. The summed E-state index contributed by atoms with van der Waals surface area (Å²) < 4.78 is 5.54. The minimum atomic E-state index is -0.164. The second-order valence-corrected chi connectivity index (χ2v) is 10.3. The van der Waals surface area contributed by atoms with E-state index in [4.69, 9.17) is 27.9 Å². The van der Waals surface area contributed by atoms with Crippen molar-refractivity contribution in [3.05, 3.63) is 28.2 Å². The number of rotatable bonds is 7. The van der Waals surface area contributed by atoms with Crippen molar-refractivity contribution in [2.45, 2.75) is 56.1 Å². The highest BCUT2D eigenvalue weighted by molar-refractivity contribution is 8.00. The molecular weight excluding hydrogens is 445 g/mol. The molecule has 0 aromatic heterocycles. The first-order valence-corrected chi connectivity index (χ1v) is 12.3. The van der Waals surface area contributed by atoms with E-state index in [0.717, 1.165) is 31.4 Å². The fourth-order valence-corrected chi connectivity index (χ4v) is 6.13. The van der Waals surface area contributed by atoms with Crippen LogP contribution in [0.5, 0.6) is 5.75 Å². The summed E-state index contributed by atoms with van der Waals surface area (Å²) in [6.45, 7) is 2.05. The second kappa shape index (κ2) is 9.55. The normalized spacial score (nSPS) is 32.2. The number of halogens is 2. The molecule has 0 bridgehead atoms. The third-order valence-corrected chi connectivity index (χ3v) is 8.53. The molecule has 3 aliphatic rings. The van der Waals surface area contributed by atoms with Gasteiger partial charge in [0, 0.05) is 23.9 Å². The summed E-state index contributed by atoms with van der Waals surface area (Å²) in [5.74, 6) is 2.12. The molecular formula is C21H27Cl2N3O3S. The van der Waals surface area contributed by atoms with Gasteiger partial charge in [0.1, 0.15) is 5.75 Å². The molecule has 0 radical (unpaired) electrons. The predicted octanol–water partition coefficient (Wildman–Crippen LogP) is 3.21. The zero-order valence-corrected chi connectivity index (χ0v) is 19.2. The lowest BCUT2D eigenvalue weighted by molar-refractivity contribution is -0.124. The summed E-state index contributed by atoms with van der Waals surface area (Å²) in [4.78, 5) is 25.1. The van der Waals surface area contributed by atoms with Crippen molar-refractivity contribution >= 4 is 46.8 Å². The van der Waals surface area contributed by atoms with E-state index in [2.05, 4.69) is 22.9 Å². The Morgan fingerprint density at radius 3 is 2.53 bits per heavy atom. The fourth-order valence-electron chi connectivity index (χ4n) is 4.67. The molecule has 9 heteroatoms. The summed E-state index contributed by atoms with van der Waals surface area (Å²) in [5.41, 5.74) is 0. The quantitative estimate of drug-likeness (QED) is 0.568. The summed E-state index contributed by atoms with van der Waals surface area (Å²) in [7, 11) is 0. The Bertz CT molecular complexity index is 812. The van der Waals surface area contributed by atoms with Crippen molar-refractivity contribution in [1.82, 2.24) is 16.0 Å². The Morgan fingerprint density at radius 2 is 1.90 bits per heavy atom. The van der Waals surface area contributed by atoms with E-state index in [1.807, 2.05) is 11.8 Å². The van der Waals surface area contributed by atoms with E-state index in [9.17, 15) is 9.59 Å². The van der Waals surface area contributed by atoms with Crippen LogP contribution in [0.4, 0.5) is 0 Å². The van der Waals surface area contributed by atoms with E-state index in [-0.39, 0.29) is 36.5 Å². The van der Waals surface area contributed by atoms with Gasteiger partial charge in [0.05, 0.1) is 21.5 Å². The number of hydrogen-bond acceptors (Lipinski definition) is 5. The van der Waals surface area contributed by atoms with Crippen LogP contribution >= 0.6 is 35.0 Å². The average molecular weight is 472 g/mol. The van der Waals surface area contributed by atoms with Crippen molar-refractivity contribution < 1.29 is 14.3 Å². The fraction of sp³-hybridized carbons (Fsp3) is 0.619. The Hall–Kier alpha value is -1.15. The number of carbonyl (C=O) groups excluding carboxylic acids is 2. The average Bonchev–Trinajstić information content (AvgIpc) is 3.25. The molecule has 3 N–H and O–H groups in total. The van der Waals surface area contributed by atoms with Crippen molar-refractivity contribution in [3.8, 4) is 5.75 Å². The van der Waals surface area contributed by atoms with Crippen molar-refractivity contribution in [3.63, 3.8) is 0 Å². The van der Waals surface area contributed by atoms with Gasteiger partial charge >= 0.3 is 0 Å². The first-order valence-electron chi connectivity index (χ1n) is 10.5. The molecule has 2 amide bonds. The van der Waals surface area contributed by atoms with Crippen molar-refractivity contribution in [2.24, 2.45) is 11.8 Å². The summed E-state index contributed by atoms with van der Waals surface area (Å²) in [6, 6.07) is 5.01. The topological polar surface area (TPSA) is 79.5 Å². The third kappa shape index (κ3) is 4.85. The minimum absolute atomic E-state index is 0.0771. The summed E-state index contributed by atoms with van der Waals surface area (Å²) >= 11 is 13.7. The standard InChI is InChI=1S/C21H27Cl2N3O3S/c1-2-20-25-18(10-30-20)21(28)26-17-8-16(12-4-5-13(12)17)24-19(27)9-29-11-3-6-14(22)15(23)7-11/h3,6-7,12-13,16-18,20,25H,2,4-5,8-10H2,1H3,(H,24,27)(H,26,28)/t12?,13?,16-,17?,18?,20?/m0/s1. The predicted molar refractivity (Wildman–Crippen MR) is 120 cm³/mol. The molecule has 1 aromatic rings. The van der Waals surface area contributed by atoms with E-state index in [0.29, 0.717) is 33.0 Å². The number of fused-ring (bicyclic) bond motifs is 1. The lowest BCUT2D eigenvalue weighted by Crippen LogP contribution is -2.50. The van der Waals surface area contributed by atoms with Gasteiger partial charge in [0.15, 0.2) is 6.61 Å². The van der Waals surface area contributed by atoms with Crippen LogP contribution in [0.1, 0.15) is 32.6 Å². The zero-order chi connectivity index (χ0) is 21.3. The molecule has 3 fully saturated rings. The molecule has 1 saturated heterocycles. The van der Waals surface area contributed by atoms with Crippen LogP contribution in [0.15, 0.2) is 18.2 Å². The number of carbonyl (C=O) groups is 2. The van der Waals surface area contributed by atoms with Crippen LogP contribution in [0.25, 0.3) is 0 Å². The van der Waals surface area contributed by atoms with Gasteiger partial charge in [-0.2, -0.15) is 0 Å². The molecule has 2 saturated carbocycles. The lowest BCUT2D eigenvalue weighted by atomic mass is 9.73. The summed E-state index contributed by atoms with van der Waals surface area (Å²) in [6.07, 6.45) is 3.98. The van der Waals surface area contributed by atoms with Gasteiger partial charge in [-0.25, -0.2) is 0 Å². The smallest absolute Gasteiger partial charge is 0.258 e. The maximum absolute atomic E-state index is 12.7. The van der Waals surface area contributed by atoms with E-state index in [1.165, 1.54) is 0 Å². The molecule has 0 spiro atoms. The van der Waals surface area contributed by atoms with Gasteiger partial charge in [-0.3, -0.25) is 14.9 Å². The van der Waals surface area contributed by atoms with Crippen LogP contribution in [0.2, 0.25) is 10.0 Å². The number of hydrogen-bond donors (Lipinski definition) is 3. The van der Waals surface area contributed by atoms with Crippen LogP contribution < -0.4 is 20.7 Å². The van der Waals surface area contributed by atoms with Gasteiger partial charge in [-0.1, -0.05) is 30.1 Å². The lowest BCUT2D eigenvalue weighted by Gasteiger charge is -2.36. The van der Waals surface area contributed by atoms with Gasteiger partial charge in [-0.15, -0.1) is 11.8 Å². The number of ether oxygens (including phenoxy) is 1. The van der Waals surface area contributed by atoms with Gasteiger partial charge in [-0.05, 0) is 49.7 Å². The van der Waals surface area contributed by atoms with Gasteiger partial charge < -0.3 is 15.4 Å². The molecule has 164 valence electrons. The third-order valence-electron chi connectivity index (χ3n) is 6.40. The highest BCUT2D eigenvalue weighted by Gasteiger charge is 2.49. The molecule has 6 atom stereocenters. The van der Waals surface area contributed by atoms with Gasteiger partial charge in [0.2, 0.25) is 5.91 Å². The summed E-state index contributed by atoms with van der Waals surface area (Å²) in [5, 5.41) is 10.9. The highest BCUT2D eigenvalue weighted by Crippen LogP contribution is 2.47. The minimum Gasteiger partial charge on any atom is -0.484 e. The van der Waals surface area contributed by atoms with E-state index < -0.39 is 0 Å². The maximum atomic E-state index is 12.7. The first kappa shape index (κ1) is 22.1. The molecule has 1 aromatic carbocycles. The largest absolute Gasteiger partial charge is 0.484 e. The van der Waals surface area contributed by atoms with Crippen LogP contribution in [0.3, 0.4) is 0 Å². The maximum Gasteiger partial charge on any atom is 0.258 e. The second-order valence-electron chi connectivity index (χ2n) is 8.24. The zero-order valence-electron chi connectivity index (χ0n) is 16.8. The molecule has 1 aliphatic heterocycles. The van der Waals surface area contributed by atoms with Crippen LogP contribution in [-0.2, 0) is 9.59 Å². The number of nitrogens with one attached hydrogen (secondary N) is 3. The Kier molecular flexibility index (Phi) is 7.02. The number of thioether (sulfide) groups is 1. The Balaban J connectivity index is 1.25. The van der Waals surface area contributed by atoms with E-state index >= 15 is 0 Å². The molecule has 6 nitrogen and oxygen atoms in total. The monoisotopic (exact) mass is 471 g/mol.